The van der Waals surface area contributed by atoms with E-state index in [1.807, 2.05) is 6.07 Å². The second-order valence-corrected chi connectivity index (χ2v) is 8.34. The highest BCUT2D eigenvalue weighted by Gasteiger charge is 2.21. The Labute approximate surface area is 114 Å². The van der Waals surface area contributed by atoms with Crippen molar-refractivity contribution in [3.63, 3.8) is 0 Å². The molecule has 1 aromatic heterocycles. The third-order valence-corrected chi connectivity index (χ3v) is 5.97. The molecule has 1 heterocycles. The van der Waals surface area contributed by atoms with Crippen LogP contribution in [-0.4, -0.2) is 21.5 Å². The fraction of sp³-hybridized carbons (Fsp3) is 0.667. The van der Waals surface area contributed by atoms with Gasteiger partial charge >= 0.3 is 0 Å². The van der Waals surface area contributed by atoms with Gasteiger partial charge < -0.3 is 5.73 Å². The minimum atomic E-state index is -3.35. The zero-order chi connectivity index (χ0) is 13.8. The first-order valence-electron chi connectivity index (χ1n) is 6.07. The Balaban J connectivity index is 2.71. The Morgan fingerprint density at radius 3 is 2.44 bits per heavy atom. The van der Waals surface area contributed by atoms with E-state index in [9.17, 15) is 8.42 Å². The molecule has 0 radical (unpaired) electrons. The molecule has 4 nitrogen and oxygen atoms in total. The standard InChI is InChI=1S/C12H22N2O2S2/c1-12(2,3)10-6-7-11(17-10)18(15,16)14-9-5-4-8-13/h6-7,14H,4-5,8-9,13H2,1-3H3. The average molecular weight is 290 g/mol. The zero-order valence-corrected chi connectivity index (χ0v) is 12.8. The minimum Gasteiger partial charge on any atom is -0.330 e. The van der Waals surface area contributed by atoms with Gasteiger partial charge in [0, 0.05) is 11.4 Å². The number of thiophene rings is 1. The number of nitrogens with two attached hydrogens (primary N) is 1. The van der Waals surface area contributed by atoms with Crippen molar-refractivity contribution in [2.75, 3.05) is 13.1 Å². The van der Waals surface area contributed by atoms with E-state index < -0.39 is 10.0 Å². The monoisotopic (exact) mass is 290 g/mol. The summed E-state index contributed by atoms with van der Waals surface area (Å²) in [5.74, 6) is 0. The largest absolute Gasteiger partial charge is 0.330 e. The fourth-order valence-electron chi connectivity index (χ4n) is 1.41. The molecule has 1 aromatic rings. The third kappa shape index (κ3) is 4.35. The van der Waals surface area contributed by atoms with Crippen LogP contribution >= 0.6 is 11.3 Å². The molecule has 0 bridgehead atoms. The van der Waals surface area contributed by atoms with Crippen LogP contribution in [0.3, 0.4) is 0 Å². The number of nitrogens with one attached hydrogen (secondary N) is 1. The van der Waals surface area contributed by atoms with Gasteiger partial charge in [0.15, 0.2) is 0 Å². The Hall–Kier alpha value is -0.430. The van der Waals surface area contributed by atoms with Crippen LogP contribution in [0.15, 0.2) is 16.3 Å². The van der Waals surface area contributed by atoms with Crippen molar-refractivity contribution < 1.29 is 8.42 Å². The molecule has 0 aliphatic carbocycles. The van der Waals surface area contributed by atoms with Crippen molar-refractivity contribution in [2.45, 2.75) is 43.2 Å². The molecular formula is C12H22N2O2S2. The average Bonchev–Trinajstić information content (AvgIpc) is 2.73. The first-order valence-corrected chi connectivity index (χ1v) is 8.37. The van der Waals surface area contributed by atoms with Crippen molar-refractivity contribution in [3.05, 3.63) is 17.0 Å². The van der Waals surface area contributed by atoms with E-state index in [1.54, 1.807) is 6.07 Å². The molecule has 0 saturated heterocycles. The van der Waals surface area contributed by atoms with Gasteiger partial charge in [-0.3, -0.25) is 0 Å². The van der Waals surface area contributed by atoms with Crippen molar-refractivity contribution >= 4 is 21.4 Å². The number of hydrogen-bond acceptors (Lipinski definition) is 4. The molecule has 0 aliphatic heterocycles. The predicted octanol–water partition coefficient (Wildman–Crippen LogP) is 2.06. The van der Waals surface area contributed by atoms with E-state index >= 15 is 0 Å². The maximum Gasteiger partial charge on any atom is 0.250 e. The topological polar surface area (TPSA) is 72.2 Å². The lowest BCUT2D eigenvalue weighted by Crippen LogP contribution is -2.24. The number of sulfonamides is 1. The minimum absolute atomic E-state index is 0.0159. The number of hydrogen-bond donors (Lipinski definition) is 2. The molecule has 0 aliphatic rings. The highest BCUT2D eigenvalue weighted by molar-refractivity contribution is 7.91. The van der Waals surface area contributed by atoms with Crippen LogP contribution < -0.4 is 10.5 Å². The molecule has 0 saturated carbocycles. The second kappa shape index (κ2) is 6.14. The third-order valence-electron chi connectivity index (χ3n) is 2.51. The molecule has 0 spiro atoms. The molecule has 3 N–H and O–H groups in total. The summed E-state index contributed by atoms with van der Waals surface area (Å²) in [6, 6.07) is 3.57. The fourth-order valence-corrected chi connectivity index (χ4v) is 3.90. The van der Waals surface area contributed by atoms with E-state index in [2.05, 4.69) is 25.5 Å². The summed E-state index contributed by atoms with van der Waals surface area (Å²) in [6.07, 6.45) is 1.60. The van der Waals surface area contributed by atoms with Crippen LogP contribution in [-0.2, 0) is 15.4 Å². The smallest absolute Gasteiger partial charge is 0.250 e. The van der Waals surface area contributed by atoms with Gasteiger partial charge in [-0.1, -0.05) is 20.8 Å². The van der Waals surface area contributed by atoms with Gasteiger partial charge in [0.2, 0.25) is 10.0 Å². The highest BCUT2D eigenvalue weighted by atomic mass is 32.2. The molecule has 0 unspecified atom stereocenters. The maximum absolute atomic E-state index is 12.0. The maximum atomic E-state index is 12.0. The van der Waals surface area contributed by atoms with Gasteiger partial charge in [-0.25, -0.2) is 13.1 Å². The van der Waals surface area contributed by atoms with E-state index in [-0.39, 0.29) is 5.41 Å². The SMILES string of the molecule is CC(C)(C)c1ccc(S(=O)(=O)NCCCCN)s1. The molecule has 0 aromatic carbocycles. The van der Waals surface area contributed by atoms with Gasteiger partial charge in [0.1, 0.15) is 4.21 Å². The van der Waals surface area contributed by atoms with Gasteiger partial charge in [-0.2, -0.15) is 0 Å². The summed E-state index contributed by atoms with van der Waals surface area (Å²) in [5.41, 5.74) is 5.35. The van der Waals surface area contributed by atoms with Crippen LogP contribution in [0.25, 0.3) is 0 Å². The normalized spacial score (nSPS) is 12.9. The van der Waals surface area contributed by atoms with Gasteiger partial charge in [0.05, 0.1) is 0 Å². The Bertz CT molecular complexity index is 473. The quantitative estimate of drug-likeness (QED) is 0.788. The molecule has 6 heteroatoms. The van der Waals surface area contributed by atoms with Gasteiger partial charge in [-0.15, -0.1) is 11.3 Å². The van der Waals surface area contributed by atoms with Gasteiger partial charge in [-0.05, 0) is 36.9 Å². The van der Waals surface area contributed by atoms with E-state index in [0.29, 0.717) is 17.3 Å². The summed E-state index contributed by atoms with van der Waals surface area (Å²) in [6.45, 7) is 7.26. The van der Waals surface area contributed by atoms with Crippen LogP contribution in [0.1, 0.15) is 38.5 Å². The van der Waals surface area contributed by atoms with Crippen LogP contribution in [0.4, 0.5) is 0 Å². The molecule has 0 amide bonds. The summed E-state index contributed by atoms with van der Waals surface area (Å²) in [7, 11) is -3.35. The lowest BCUT2D eigenvalue weighted by Gasteiger charge is -2.15. The number of unbranched alkanes of at least 4 members (excludes halogenated alkanes) is 1. The van der Waals surface area contributed by atoms with Crippen molar-refractivity contribution in [1.82, 2.24) is 4.72 Å². The van der Waals surface area contributed by atoms with Crippen molar-refractivity contribution in [3.8, 4) is 0 Å². The zero-order valence-electron chi connectivity index (χ0n) is 11.2. The van der Waals surface area contributed by atoms with Gasteiger partial charge in [0.25, 0.3) is 0 Å². The summed E-state index contributed by atoms with van der Waals surface area (Å²) < 4.78 is 27.0. The lowest BCUT2D eigenvalue weighted by atomic mass is 9.95. The van der Waals surface area contributed by atoms with E-state index in [0.717, 1.165) is 17.7 Å². The lowest BCUT2D eigenvalue weighted by molar-refractivity contribution is 0.579. The van der Waals surface area contributed by atoms with E-state index in [1.165, 1.54) is 11.3 Å². The van der Waals surface area contributed by atoms with Crippen LogP contribution in [0.2, 0.25) is 0 Å². The molecule has 0 atom stereocenters. The molecule has 18 heavy (non-hydrogen) atoms. The molecular weight excluding hydrogens is 268 g/mol. The van der Waals surface area contributed by atoms with Crippen LogP contribution in [0.5, 0.6) is 0 Å². The first-order chi connectivity index (χ1) is 8.27. The summed E-state index contributed by atoms with van der Waals surface area (Å²) in [5, 5.41) is 0. The molecule has 1 rings (SSSR count). The van der Waals surface area contributed by atoms with E-state index in [4.69, 9.17) is 5.73 Å². The summed E-state index contributed by atoms with van der Waals surface area (Å²) >= 11 is 1.34. The predicted molar refractivity (Wildman–Crippen MR) is 76.5 cm³/mol. The van der Waals surface area contributed by atoms with Crippen molar-refractivity contribution in [1.29, 1.82) is 0 Å². The Morgan fingerprint density at radius 2 is 1.94 bits per heavy atom. The van der Waals surface area contributed by atoms with Crippen LogP contribution in [0, 0.1) is 0 Å². The van der Waals surface area contributed by atoms with Crippen molar-refractivity contribution in [2.24, 2.45) is 5.73 Å². The summed E-state index contributed by atoms with van der Waals surface area (Å²) in [4.78, 5) is 1.07. The second-order valence-electron chi connectivity index (χ2n) is 5.26. The Kier molecular flexibility index (Phi) is 5.33. The highest BCUT2D eigenvalue weighted by Crippen LogP contribution is 2.31. The molecule has 104 valence electrons. The Morgan fingerprint density at radius 1 is 1.28 bits per heavy atom. The first kappa shape index (κ1) is 15.6. The number of rotatable bonds is 6. The molecule has 0 fully saturated rings.